The molecule has 0 spiro atoms. The Morgan fingerprint density at radius 2 is 1.55 bits per heavy atom. The molecule has 6 aromatic rings. The summed E-state index contributed by atoms with van der Waals surface area (Å²) in [5.74, 6) is 0.832. The van der Waals surface area contributed by atoms with Crippen LogP contribution in [0.2, 0.25) is 0 Å². The van der Waals surface area contributed by atoms with Crippen molar-refractivity contribution in [2.45, 2.75) is 33.1 Å². The molecule has 0 aliphatic carbocycles. The lowest BCUT2D eigenvalue weighted by atomic mass is 9.92. The van der Waals surface area contributed by atoms with E-state index in [0.29, 0.717) is 0 Å². The number of hydrogen-bond acceptors (Lipinski definition) is 3. The van der Waals surface area contributed by atoms with Gasteiger partial charge in [-0.25, -0.2) is 9.97 Å². The molecule has 0 N–H and O–H groups in total. The number of nitrogens with zero attached hydrogens (tertiary/aromatic N) is 3. The van der Waals surface area contributed by atoms with Crippen LogP contribution in [0.1, 0.15) is 32.0 Å². The quantitative estimate of drug-likeness (QED) is 0.284. The van der Waals surface area contributed by atoms with Gasteiger partial charge in [0.25, 0.3) is 0 Å². The maximum atomic E-state index is 6.41. The van der Waals surface area contributed by atoms with Crippen molar-refractivity contribution in [1.82, 2.24) is 14.5 Å². The third kappa shape index (κ3) is 3.05. The molecule has 6 rings (SSSR count). The highest BCUT2D eigenvalue weighted by molar-refractivity contribution is 6.11. The molecule has 0 saturated heterocycles. The molecule has 4 nitrogen and oxygen atoms in total. The minimum atomic E-state index is -0.0595. The molecule has 0 saturated carbocycles. The largest absolute Gasteiger partial charge is 0.455 e. The van der Waals surface area contributed by atoms with Crippen LogP contribution in [0.15, 0.2) is 83.3 Å². The van der Waals surface area contributed by atoms with Gasteiger partial charge >= 0.3 is 0 Å². The van der Waals surface area contributed by atoms with Gasteiger partial charge in [-0.15, -0.1) is 0 Å². The van der Waals surface area contributed by atoms with Gasteiger partial charge in [-0.3, -0.25) is 4.57 Å². The molecule has 0 radical (unpaired) electrons. The monoisotopic (exact) mass is 431 g/mol. The lowest BCUT2D eigenvalue weighted by Gasteiger charge is -2.18. The highest BCUT2D eigenvalue weighted by Gasteiger charge is 2.23. The topological polar surface area (TPSA) is 43.9 Å². The van der Waals surface area contributed by atoms with Crippen molar-refractivity contribution >= 4 is 33.1 Å². The molecule has 0 amide bonds. The summed E-state index contributed by atoms with van der Waals surface area (Å²) in [4.78, 5) is 10.2. The number of aromatic nitrogens is 3. The van der Waals surface area contributed by atoms with Crippen LogP contribution in [0.5, 0.6) is 0 Å². The van der Waals surface area contributed by atoms with Crippen molar-refractivity contribution in [3.8, 4) is 17.1 Å². The van der Waals surface area contributed by atoms with Crippen LogP contribution >= 0.6 is 0 Å². The summed E-state index contributed by atoms with van der Waals surface area (Å²) in [7, 11) is 0. The molecule has 4 heteroatoms. The van der Waals surface area contributed by atoms with E-state index in [1.165, 1.54) is 5.56 Å². The van der Waals surface area contributed by atoms with E-state index in [-0.39, 0.29) is 5.41 Å². The zero-order valence-corrected chi connectivity index (χ0v) is 19.3. The van der Waals surface area contributed by atoms with Gasteiger partial charge in [0, 0.05) is 27.6 Å². The second-order valence-electron chi connectivity index (χ2n) is 9.63. The fourth-order valence-electron chi connectivity index (χ4n) is 4.55. The second kappa shape index (κ2) is 7.04. The Kier molecular flexibility index (Phi) is 4.21. The number of para-hydroxylation sites is 2. The predicted molar refractivity (Wildman–Crippen MR) is 135 cm³/mol. The molecule has 3 aromatic carbocycles. The first-order valence-corrected chi connectivity index (χ1v) is 11.3. The van der Waals surface area contributed by atoms with Crippen LogP contribution in [-0.2, 0) is 5.41 Å². The first-order chi connectivity index (χ1) is 15.9. The molecule has 0 unspecified atom stereocenters. The van der Waals surface area contributed by atoms with E-state index >= 15 is 0 Å². The second-order valence-corrected chi connectivity index (χ2v) is 9.63. The van der Waals surface area contributed by atoms with E-state index in [1.54, 1.807) is 0 Å². The minimum Gasteiger partial charge on any atom is -0.455 e. The SMILES string of the molecule is Cc1ccc(-c2nc3ccc(C(C)(C)C)nc3n2-c2ccccc2)c2oc3ccccc3c12. The summed E-state index contributed by atoms with van der Waals surface area (Å²) in [6, 6.07) is 27.0. The highest BCUT2D eigenvalue weighted by atomic mass is 16.3. The summed E-state index contributed by atoms with van der Waals surface area (Å²) in [6.07, 6.45) is 0. The van der Waals surface area contributed by atoms with Crippen molar-refractivity contribution < 1.29 is 4.42 Å². The lowest BCUT2D eigenvalue weighted by molar-refractivity contribution is 0.571. The Labute approximate surface area is 192 Å². The fourth-order valence-corrected chi connectivity index (χ4v) is 4.55. The number of hydrogen-bond donors (Lipinski definition) is 0. The normalized spacial score (nSPS) is 12.2. The summed E-state index contributed by atoms with van der Waals surface area (Å²) in [6.45, 7) is 8.68. The maximum absolute atomic E-state index is 6.41. The van der Waals surface area contributed by atoms with Crippen LogP contribution in [0.3, 0.4) is 0 Å². The molecule has 3 aromatic heterocycles. The van der Waals surface area contributed by atoms with Crippen LogP contribution in [-0.4, -0.2) is 14.5 Å². The van der Waals surface area contributed by atoms with Crippen LogP contribution in [0.25, 0.3) is 50.2 Å². The van der Waals surface area contributed by atoms with E-state index in [9.17, 15) is 0 Å². The third-order valence-corrected chi connectivity index (χ3v) is 6.26. The Bertz CT molecular complexity index is 1650. The van der Waals surface area contributed by atoms with Crippen LogP contribution in [0, 0.1) is 6.92 Å². The van der Waals surface area contributed by atoms with Crippen LogP contribution in [0.4, 0.5) is 0 Å². The summed E-state index contributed by atoms with van der Waals surface area (Å²) < 4.78 is 8.56. The zero-order chi connectivity index (χ0) is 22.7. The molecular formula is C29H25N3O. The highest BCUT2D eigenvalue weighted by Crippen LogP contribution is 2.39. The Hall–Kier alpha value is -3.92. The van der Waals surface area contributed by atoms with E-state index in [1.807, 2.05) is 30.3 Å². The maximum Gasteiger partial charge on any atom is 0.165 e. The number of benzene rings is 3. The molecule has 162 valence electrons. The summed E-state index contributed by atoms with van der Waals surface area (Å²) in [5.41, 5.74) is 7.63. The number of furan rings is 1. The minimum absolute atomic E-state index is 0.0595. The number of aryl methyl sites for hydroxylation is 1. The van der Waals surface area contributed by atoms with Crippen molar-refractivity contribution in [3.63, 3.8) is 0 Å². The van der Waals surface area contributed by atoms with Crippen molar-refractivity contribution in [2.24, 2.45) is 0 Å². The zero-order valence-electron chi connectivity index (χ0n) is 19.3. The van der Waals surface area contributed by atoms with Crippen molar-refractivity contribution in [2.75, 3.05) is 0 Å². The van der Waals surface area contributed by atoms with Crippen LogP contribution < -0.4 is 0 Å². The summed E-state index contributed by atoms with van der Waals surface area (Å²) >= 11 is 0. The van der Waals surface area contributed by atoms with E-state index in [2.05, 4.69) is 80.8 Å². The third-order valence-electron chi connectivity index (χ3n) is 6.26. The Morgan fingerprint density at radius 1 is 0.788 bits per heavy atom. The van der Waals surface area contributed by atoms with Gasteiger partial charge in [0.1, 0.15) is 16.7 Å². The fraction of sp³-hybridized carbons (Fsp3) is 0.172. The van der Waals surface area contributed by atoms with Gasteiger partial charge in [-0.2, -0.15) is 0 Å². The van der Waals surface area contributed by atoms with E-state index in [4.69, 9.17) is 14.4 Å². The standard InChI is InChI=1S/C29H25N3O/c1-18-14-15-21(26-25(18)20-12-8-9-13-23(20)33-26)27-30-22-16-17-24(29(2,3)4)31-28(22)32(27)19-10-6-5-7-11-19/h5-17H,1-4H3. The van der Waals surface area contributed by atoms with Gasteiger partial charge < -0.3 is 4.42 Å². The van der Waals surface area contributed by atoms with Gasteiger partial charge in [0.05, 0.1) is 5.56 Å². The molecule has 3 heterocycles. The Morgan fingerprint density at radius 3 is 2.33 bits per heavy atom. The molecular weight excluding hydrogens is 406 g/mol. The molecule has 33 heavy (non-hydrogen) atoms. The molecule has 0 bridgehead atoms. The first kappa shape index (κ1) is 19.7. The molecule has 0 aliphatic heterocycles. The van der Waals surface area contributed by atoms with Gasteiger partial charge in [0.15, 0.2) is 11.5 Å². The summed E-state index contributed by atoms with van der Waals surface area (Å²) in [5, 5.41) is 2.26. The van der Waals surface area contributed by atoms with E-state index < -0.39 is 0 Å². The van der Waals surface area contributed by atoms with Gasteiger partial charge in [-0.05, 0) is 48.9 Å². The average molecular weight is 432 g/mol. The predicted octanol–water partition coefficient (Wildman–Crippen LogP) is 7.59. The number of pyridine rings is 1. The molecule has 0 aliphatic rings. The van der Waals surface area contributed by atoms with Gasteiger partial charge in [-0.1, -0.05) is 63.2 Å². The number of imidazole rings is 1. The molecule has 0 fully saturated rings. The van der Waals surface area contributed by atoms with Gasteiger partial charge in [0.2, 0.25) is 0 Å². The molecule has 0 atom stereocenters. The van der Waals surface area contributed by atoms with Crippen molar-refractivity contribution in [3.05, 3.63) is 90.1 Å². The number of rotatable bonds is 2. The Balaban J connectivity index is 1.73. The lowest BCUT2D eigenvalue weighted by Crippen LogP contribution is -2.13. The van der Waals surface area contributed by atoms with Crippen molar-refractivity contribution in [1.29, 1.82) is 0 Å². The van der Waals surface area contributed by atoms with E-state index in [0.717, 1.165) is 55.9 Å². The smallest absolute Gasteiger partial charge is 0.165 e. The number of fused-ring (bicyclic) bond motifs is 4. The average Bonchev–Trinajstić information content (AvgIpc) is 3.38. The first-order valence-electron chi connectivity index (χ1n) is 11.3.